The number of carbonyl (C=O) groups excluding carboxylic acids is 1. The Hall–Kier alpha value is -1.27. The lowest BCUT2D eigenvalue weighted by molar-refractivity contribution is -0.116. The maximum atomic E-state index is 11.8. The van der Waals surface area contributed by atoms with Crippen molar-refractivity contribution in [3.8, 4) is 0 Å². The van der Waals surface area contributed by atoms with Crippen LogP contribution in [0.4, 0.5) is 5.82 Å². The number of aryl methyl sites for hydroxylation is 1. The van der Waals surface area contributed by atoms with Gasteiger partial charge in [0.15, 0.2) is 5.82 Å². The van der Waals surface area contributed by atoms with Crippen LogP contribution in [0, 0.1) is 0 Å². The van der Waals surface area contributed by atoms with Crippen LogP contribution >= 0.6 is 31.9 Å². The Morgan fingerprint density at radius 1 is 1.21 bits per heavy atom. The van der Waals surface area contributed by atoms with E-state index in [1.165, 1.54) is 6.20 Å². The van der Waals surface area contributed by atoms with E-state index in [0.717, 1.165) is 5.56 Å². The summed E-state index contributed by atoms with van der Waals surface area (Å²) >= 11 is 6.46. The van der Waals surface area contributed by atoms with E-state index in [4.69, 9.17) is 0 Å². The SMILES string of the molecule is O=C(CCc1ccccc1)Nc1ncc(Br)nc1Br. The van der Waals surface area contributed by atoms with Gasteiger partial charge in [0.2, 0.25) is 5.91 Å². The molecule has 0 aliphatic rings. The average molecular weight is 385 g/mol. The Morgan fingerprint density at radius 3 is 2.63 bits per heavy atom. The summed E-state index contributed by atoms with van der Waals surface area (Å²) in [6.45, 7) is 0. The third-order valence-corrected chi connectivity index (χ3v) is 3.38. The second-order valence-corrected chi connectivity index (χ2v) is 5.43. The first-order chi connectivity index (χ1) is 9.15. The highest BCUT2D eigenvalue weighted by molar-refractivity contribution is 9.11. The van der Waals surface area contributed by atoms with Crippen molar-refractivity contribution in [3.05, 3.63) is 51.3 Å². The maximum absolute atomic E-state index is 11.8. The van der Waals surface area contributed by atoms with Gasteiger partial charge in [0.05, 0.1) is 6.20 Å². The molecule has 0 saturated carbocycles. The van der Waals surface area contributed by atoms with Gasteiger partial charge in [-0.05, 0) is 43.8 Å². The molecule has 6 heteroatoms. The molecule has 0 aliphatic heterocycles. The highest BCUT2D eigenvalue weighted by Gasteiger charge is 2.08. The number of benzene rings is 1. The standard InChI is InChI=1S/C13H11Br2N3O/c14-10-8-16-13(12(15)17-10)18-11(19)7-6-9-4-2-1-3-5-9/h1-5,8H,6-7H2,(H,16,18,19). The fourth-order valence-corrected chi connectivity index (χ4v) is 2.44. The van der Waals surface area contributed by atoms with Gasteiger partial charge < -0.3 is 5.32 Å². The Bertz CT molecular complexity index is 575. The number of hydrogen-bond acceptors (Lipinski definition) is 3. The molecule has 0 saturated heterocycles. The summed E-state index contributed by atoms with van der Waals surface area (Å²) in [6, 6.07) is 9.89. The van der Waals surface area contributed by atoms with Gasteiger partial charge >= 0.3 is 0 Å². The van der Waals surface area contributed by atoms with Gasteiger partial charge in [-0.2, -0.15) is 0 Å². The summed E-state index contributed by atoms with van der Waals surface area (Å²) in [5.74, 6) is 0.349. The fourth-order valence-electron chi connectivity index (χ4n) is 1.53. The van der Waals surface area contributed by atoms with Crippen molar-refractivity contribution in [2.24, 2.45) is 0 Å². The van der Waals surface area contributed by atoms with E-state index >= 15 is 0 Å². The molecular weight excluding hydrogens is 374 g/mol. The Labute approximate surface area is 127 Å². The van der Waals surface area contributed by atoms with Crippen molar-refractivity contribution in [2.75, 3.05) is 5.32 Å². The molecule has 1 aromatic carbocycles. The van der Waals surface area contributed by atoms with Gasteiger partial charge in [0, 0.05) is 6.42 Å². The van der Waals surface area contributed by atoms with Crippen LogP contribution in [0.1, 0.15) is 12.0 Å². The van der Waals surface area contributed by atoms with Gasteiger partial charge in [0.1, 0.15) is 9.21 Å². The molecule has 0 spiro atoms. The molecule has 0 fully saturated rings. The topological polar surface area (TPSA) is 54.9 Å². The van der Waals surface area contributed by atoms with Crippen LogP contribution in [0.3, 0.4) is 0 Å². The van der Waals surface area contributed by atoms with Crippen molar-refractivity contribution in [1.29, 1.82) is 0 Å². The van der Waals surface area contributed by atoms with Crippen molar-refractivity contribution in [1.82, 2.24) is 9.97 Å². The van der Waals surface area contributed by atoms with Crippen LogP contribution in [0.2, 0.25) is 0 Å². The number of aromatic nitrogens is 2. The molecule has 0 atom stereocenters. The highest BCUT2D eigenvalue weighted by Crippen LogP contribution is 2.19. The van der Waals surface area contributed by atoms with Gasteiger partial charge in [-0.25, -0.2) is 9.97 Å². The monoisotopic (exact) mass is 383 g/mol. The van der Waals surface area contributed by atoms with Crippen LogP contribution in [0.5, 0.6) is 0 Å². The minimum atomic E-state index is -0.0822. The zero-order chi connectivity index (χ0) is 13.7. The number of nitrogens with one attached hydrogen (secondary N) is 1. The summed E-state index contributed by atoms with van der Waals surface area (Å²) in [5, 5.41) is 2.73. The lowest BCUT2D eigenvalue weighted by Crippen LogP contribution is -2.14. The normalized spacial score (nSPS) is 10.2. The van der Waals surface area contributed by atoms with E-state index in [1.807, 2.05) is 30.3 Å². The lowest BCUT2D eigenvalue weighted by atomic mass is 10.1. The minimum Gasteiger partial charge on any atom is -0.308 e. The summed E-state index contributed by atoms with van der Waals surface area (Å²) < 4.78 is 1.12. The molecule has 0 unspecified atom stereocenters. The summed E-state index contributed by atoms with van der Waals surface area (Å²) in [4.78, 5) is 20.0. The number of rotatable bonds is 4. The molecule has 98 valence electrons. The Kier molecular flexibility index (Phi) is 5.04. The van der Waals surface area contributed by atoms with Crippen LogP contribution in [0.15, 0.2) is 45.7 Å². The molecular formula is C13H11Br2N3O. The van der Waals surface area contributed by atoms with Crippen LogP contribution < -0.4 is 5.32 Å². The largest absolute Gasteiger partial charge is 0.308 e. The quantitative estimate of drug-likeness (QED) is 0.876. The number of hydrogen-bond donors (Lipinski definition) is 1. The minimum absolute atomic E-state index is 0.0822. The van der Waals surface area contributed by atoms with Gasteiger partial charge in [-0.3, -0.25) is 4.79 Å². The lowest BCUT2D eigenvalue weighted by Gasteiger charge is -2.06. The zero-order valence-electron chi connectivity index (χ0n) is 9.94. The first-order valence-corrected chi connectivity index (χ1v) is 7.25. The average Bonchev–Trinajstić information content (AvgIpc) is 2.41. The summed E-state index contributed by atoms with van der Waals surface area (Å²) in [7, 11) is 0. The van der Waals surface area contributed by atoms with Crippen LogP contribution in [0.25, 0.3) is 0 Å². The second kappa shape index (κ2) is 6.77. The maximum Gasteiger partial charge on any atom is 0.225 e. The number of carbonyl (C=O) groups is 1. The van der Waals surface area contributed by atoms with Crippen LogP contribution in [-0.4, -0.2) is 15.9 Å². The van der Waals surface area contributed by atoms with Gasteiger partial charge in [-0.1, -0.05) is 30.3 Å². The van der Waals surface area contributed by atoms with E-state index in [0.29, 0.717) is 27.9 Å². The molecule has 1 N–H and O–H groups in total. The van der Waals surface area contributed by atoms with Gasteiger partial charge in [0.25, 0.3) is 0 Å². The van der Waals surface area contributed by atoms with Gasteiger partial charge in [-0.15, -0.1) is 0 Å². The highest BCUT2D eigenvalue weighted by atomic mass is 79.9. The first-order valence-electron chi connectivity index (χ1n) is 5.67. The molecule has 1 aromatic heterocycles. The summed E-state index contributed by atoms with van der Waals surface area (Å²) in [6.07, 6.45) is 2.65. The predicted molar refractivity (Wildman–Crippen MR) is 80.8 cm³/mol. The van der Waals surface area contributed by atoms with Crippen molar-refractivity contribution < 1.29 is 4.79 Å². The number of anilines is 1. The van der Waals surface area contributed by atoms with Crippen molar-refractivity contribution in [3.63, 3.8) is 0 Å². The Morgan fingerprint density at radius 2 is 1.95 bits per heavy atom. The Balaban J connectivity index is 1.91. The fraction of sp³-hybridized carbons (Fsp3) is 0.154. The van der Waals surface area contributed by atoms with E-state index in [1.54, 1.807) is 0 Å². The smallest absolute Gasteiger partial charge is 0.225 e. The molecule has 1 amide bonds. The third kappa shape index (κ3) is 4.40. The van der Waals surface area contributed by atoms with E-state index in [-0.39, 0.29) is 5.91 Å². The van der Waals surface area contributed by atoms with Crippen molar-refractivity contribution in [2.45, 2.75) is 12.8 Å². The predicted octanol–water partition coefficient (Wildman–Crippen LogP) is 3.57. The van der Waals surface area contributed by atoms with Crippen LogP contribution in [-0.2, 0) is 11.2 Å². The molecule has 19 heavy (non-hydrogen) atoms. The van der Waals surface area contributed by atoms with E-state index < -0.39 is 0 Å². The molecule has 2 rings (SSSR count). The zero-order valence-corrected chi connectivity index (χ0v) is 13.1. The molecule has 0 radical (unpaired) electrons. The molecule has 0 bridgehead atoms. The molecule has 4 nitrogen and oxygen atoms in total. The van der Waals surface area contributed by atoms with Crippen molar-refractivity contribution >= 4 is 43.6 Å². The number of nitrogens with zero attached hydrogens (tertiary/aromatic N) is 2. The molecule has 0 aliphatic carbocycles. The molecule has 2 aromatic rings. The number of halogens is 2. The molecule has 1 heterocycles. The van der Waals surface area contributed by atoms with E-state index in [2.05, 4.69) is 47.1 Å². The van der Waals surface area contributed by atoms with E-state index in [9.17, 15) is 4.79 Å². The summed E-state index contributed by atoms with van der Waals surface area (Å²) in [5.41, 5.74) is 1.14. The number of amides is 1. The third-order valence-electron chi connectivity index (χ3n) is 2.44. The second-order valence-electron chi connectivity index (χ2n) is 3.87. The first kappa shape index (κ1) is 14.1.